The van der Waals surface area contributed by atoms with Crippen molar-refractivity contribution in [3.05, 3.63) is 78.1 Å². The van der Waals surface area contributed by atoms with Crippen LogP contribution in [0, 0.1) is 17.0 Å². The second kappa shape index (κ2) is 9.32. The molecule has 1 saturated heterocycles. The molecule has 2 heterocycles. The molecule has 1 fully saturated rings. The van der Waals surface area contributed by atoms with Gasteiger partial charge in [0.05, 0.1) is 4.92 Å². The molecule has 172 valence electrons. The minimum atomic E-state index is -0.858. The van der Waals surface area contributed by atoms with Crippen LogP contribution in [0.5, 0.6) is 5.75 Å². The van der Waals surface area contributed by atoms with Gasteiger partial charge in [-0.1, -0.05) is 28.1 Å². The smallest absolute Gasteiger partial charge is 0.349 e. The number of piperidine rings is 1. The van der Waals surface area contributed by atoms with Crippen molar-refractivity contribution in [3.63, 3.8) is 0 Å². The van der Waals surface area contributed by atoms with Crippen molar-refractivity contribution in [1.29, 1.82) is 0 Å². The van der Waals surface area contributed by atoms with Gasteiger partial charge in [-0.3, -0.25) is 19.8 Å². The normalized spacial score (nSPS) is 15.0. The van der Waals surface area contributed by atoms with E-state index in [-0.39, 0.29) is 28.1 Å². The number of aromatic hydroxyl groups is 1. The van der Waals surface area contributed by atoms with Crippen molar-refractivity contribution >= 4 is 38.5 Å². The van der Waals surface area contributed by atoms with Gasteiger partial charge in [0.1, 0.15) is 11.1 Å². The van der Waals surface area contributed by atoms with Gasteiger partial charge in [0.2, 0.25) is 5.75 Å². The van der Waals surface area contributed by atoms with Crippen LogP contribution in [0.1, 0.15) is 34.3 Å². The summed E-state index contributed by atoms with van der Waals surface area (Å²) in [7, 11) is 0. The maximum Gasteiger partial charge on any atom is 0.349 e. The molecule has 0 saturated carbocycles. The van der Waals surface area contributed by atoms with Gasteiger partial charge in [-0.2, -0.15) is 0 Å². The van der Waals surface area contributed by atoms with E-state index in [1.165, 1.54) is 18.6 Å². The topological polar surface area (TPSA) is 126 Å². The molecule has 0 spiro atoms. The Morgan fingerprint density at radius 1 is 1.30 bits per heavy atom. The van der Waals surface area contributed by atoms with Crippen molar-refractivity contribution in [1.82, 2.24) is 10.2 Å². The van der Waals surface area contributed by atoms with Crippen molar-refractivity contribution < 1.29 is 19.2 Å². The van der Waals surface area contributed by atoms with E-state index in [4.69, 9.17) is 4.42 Å². The third-order valence-corrected chi connectivity index (χ3v) is 6.36. The summed E-state index contributed by atoms with van der Waals surface area (Å²) in [4.78, 5) is 38.0. The van der Waals surface area contributed by atoms with Crippen LogP contribution in [-0.4, -0.2) is 40.0 Å². The summed E-state index contributed by atoms with van der Waals surface area (Å²) in [6, 6.07) is 10.4. The summed E-state index contributed by atoms with van der Waals surface area (Å²) in [6.07, 6.45) is 1.47. The monoisotopic (exact) mass is 515 g/mol. The molecule has 9 nitrogen and oxygen atoms in total. The number of amides is 1. The molecular weight excluding hydrogens is 494 g/mol. The van der Waals surface area contributed by atoms with E-state index in [1.807, 2.05) is 12.1 Å². The number of fused-ring (bicyclic) bond motifs is 1. The van der Waals surface area contributed by atoms with E-state index in [0.29, 0.717) is 0 Å². The van der Waals surface area contributed by atoms with Gasteiger partial charge in [-0.25, -0.2) is 4.79 Å². The number of benzene rings is 2. The van der Waals surface area contributed by atoms with E-state index in [0.717, 1.165) is 43.0 Å². The first-order valence-electron chi connectivity index (χ1n) is 10.5. The van der Waals surface area contributed by atoms with Gasteiger partial charge in [-0.05, 0) is 43.5 Å². The lowest BCUT2D eigenvalue weighted by Crippen LogP contribution is -2.45. The van der Waals surface area contributed by atoms with Gasteiger partial charge < -0.3 is 14.8 Å². The Morgan fingerprint density at radius 2 is 2.03 bits per heavy atom. The van der Waals surface area contributed by atoms with Crippen molar-refractivity contribution in [2.24, 2.45) is 0 Å². The van der Waals surface area contributed by atoms with Crippen LogP contribution in [0.2, 0.25) is 0 Å². The Kier molecular flexibility index (Phi) is 6.48. The summed E-state index contributed by atoms with van der Waals surface area (Å²) in [5, 5.41) is 24.3. The van der Waals surface area contributed by atoms with Crippen LogP contribution in [-0.2, 0) is 6.54 Å². The molecule has 33 heavy (non-hydrogen) atoms. The van der Waals surface area contributed by atoms with Crippen LogP contribution in [0.25, 0.3) is 11.0 Å². The summed E-state index contributed by atoms with van der Waals surface area (Å²) >= 11 is 3.48. The highest BCUT2D eigenvalue weighted by atomic mass is 79.9. The fourth-order valence-electron chi connectivity index (χ4n) is 4.09. The second-order valence-electron chi connectivity index (χ2n) is 8.15. The number of nitro groups is 1. The lowest BCUT2D eigenvalue weighted by molar-refractivity contribution is -0.385. The predicted octanol–water partition coefficient (Wildman–Crippen LogP) is 3.87. The zero-order chi connectivity index (χ0) is 23.7. The van der Waals surface area contributed by atoms with Gasteiger partial charge in [-0.15, -0.1) is 0 Å². The second-order valence-corrected chi connectivity index (χ2v) is 9.06. The molecular formula is C23H22BrN3O6. The fourth-order valence-corrected chi connectivity index (χ4v) is 4.54. The first kappa shape index (κ1) is 22.9. The van der Waals surface area contributed by atoms with Crippen LogP contribution < -0.4 is 10.9 Å². The summed E-state index contributed by atoms with van der Waals surface area (Å²) in [5.74, 6) is -1.15. The lowest BCUT2D eigenvalue weighted by Gasteiger charge is -2.32. The number of nitro benzene ring substituents is 1. The zero-order valence-corrected chi connectivity index (χ0v) is 19.4. The van der Waals surface area contributed by atoms with E-state index in [9.17, 15) is 24.8 Å². The Labute approximate surface area is 197 Å². The first-order chi connectivity index (χ1) is 15.7. The SMILES string of the molecule is Cc1c(O)c([N+](=O)[O-])cc2cc(C(=O)NC3CCN(Cc4cccc(Br)c4)CC3)c(=O)oc12. The van der Waals surface area contributed by atoms with Gasteiger partial charge in [0.15, 0.2) is 0 Å². The molecule has 1 aliphatic heterocycles. The Morgan fingerprint density at radius 3 is 2.70 bits per heavy atom. The largest absolute Gasteiger partial charge is 0.502 e. The van der Waals surface area contributed by atoms with E-state index in [1.54, 1.807) is 0 Å². The predicted molar refractivity (Wildman–Crippen MR) is 125 cm³/mol. The van der Waals surface area contributed by atoms with Crippen molar-refractivity contribution in [2.45, 2.75) is 32.4 Å². The highest BCUT2D eigenvalue weighted by Gasteiger charge is 2.25. The molecule has 3 aromatic rings. The lowest BCUT2D eigenvalue weighted by atomic mass is 10.0. The van der Waals surface area contributed by atoms with Crippen LogP contribution in [0.15, 0.2) is 50.1 Å². The molecule has 0 radical (unpaired) electrons. The number of hydrogen-bond acceptors (Lipinski definition) is 7. The maximum atomic E-state index is 12.8. The highest BCUT2D eigenvalue weighted by molar-refractivity contribution is 9.10. The number of phenols is 1. The number of rotatable bonds is 5. The number of carbonyl (C=O) groups is 1. The van der Waals surface area contributed by atoms with Crippen LogP contribution in [0.4, 0.5) is 5.69 Å². The molecule has 10 heteroatoms. The first-order valence-corrected chi connectivity index (χ1v) is 11.2. The molecule has 2 N–H and O–H groups in total. The third-order valence-electron chi connectivity index (χ3n) is 5.87. The van der Waals surface area contributed by atoms with E-state index >= 15 is 0 Å². The minimum absolute atomic E-state index is 0.0144. The van der Waals surface area contributed by atoms with E-state index < -0.39 is 27.9 Å². The molecule has 4 rings (SSSR count). The molecule has 0 unspecified atom stereocenters. The quantitative estimate of drug-likeness (QED) is 0.300. The highest BCUT2D eigenvalue weighted by Crippen LogP contribution is 2.35. The summed E-state index contributed by atoms with van der Waals surface area (Å²) < 4.78 is 6.27. The van der Waals surface area contributed by atoms with Gasteiger partial charge in [0, 0.05) is 47.2 Å². The summed E-state index contributed by atoms with van der Waals surface area (Å²) in [6.45, 7) is 3.83. The van der Waals surface area contributed by atoms with Crippen LogP contribution >= 0.6 is 15.9 Å². The standard InChI is InChI=1S/C23H22BrN3O6/c1-13-20(28)19(27(31)32)11-15-10-18(23(30)33-21(13)15)22(29)25-17-5-7-26(8-6-17)12-14-3-2-4-16(24)9-14/h2-4,9-11,17,28H,5-8,12H2,1H3,(H,25,29). The Balaban J connectivity index is 1.46. The molecule has 2 aromatic carbocycles. The minimum Gasteiger partial charge on any atom is -0.502 e. The molecule has 0 aliphatic carbocycles. The maximum absolute atomic E-state index is 12.8. The zero-order valence-electron chi connectivity index (χ0n) is 17.8. The molecule has 0 bridgehead atoms. The van der Waals surface area contributed by atoms with Crippen molar-refractivity contribution in [3.8, 4) is 5.75 Å². The number of hydrogen-bond donors (Lipinski definition) is 2. The Bertz CT molecular complexity index is 1300. The third kappa shape index (κ3) is 4.91. The van der Waals surface area contributed by atoms with Gasteiger partial charge in [0.25, 0.3) is 5.91 Å². The average Bonchev–Trinajstić information content (AvgIpc) is 2.77. The number of phenolic OH excluding ortho intramolecular Hbond substituents is 1. The Hall–Kier alpha value is -3.24. The number of carbonyl (C=O) groups excluding carboxylic acids is 1. The summed E-state index contributed by atoms with van der Waals surface area (Å²) in [5.41, 5.74) is -0.308. The van der Waals surface area contributed by atoms with Crippen LogP contribution in [0.3, 0.4) is 0 Å². The van der Waals surface area contributed by atoms with Gasteiger partial charge >= 0.3 is 11.3 Å². The number of likely N-dealkylation sites (tertiary alicyclic amines) is 1. The molecule has 0 atom stereocenters. The number of halogens is 1. The fraction of sp³-hybridized carbons (Fsp3) is 0.304. The number of aryl methyl sites for hydroxylation is 1. The molecule has 1 aliphatic rings. The van der Waals surface area contributed by atoms with E-state index in [2.05, 4.69) is 38.3 Å². The molecule has 1 amide bonds. The number of nitrogens with one attached hydrogen (secondary N) is 1. The number of nitrogens with zero attached hydrogens (tertiary/aromatic N) is 2. The average molecular weight is 516 g/mol. The molecule has 1 aromatic heterocycles. The van der Waals surface area contributed by atoms with Crippen molar-refractivity contribution in [2.75, 3.05) is 13.1 Å².